The molecule has 0 aliphatic carbocycles. The third-order valence-electron chi connectivity index (χ3n) is 4.05. The third kappa shape index (κ3) is 6.14. The molecule has 0 spiro atoms. The van der Waals surface area contributed by atoms with Crippen molar-refractivity contribution in [2.24, 2.45) is 0 Å². The number of ether oxygens (including phenoxy) is 3. The minimum absolute atomic E-state index is 0.257. The van der Waals surface area contributed by atoms with Gasteiger partial charge in [0.2, 0.25) is 5.91 Å². The minimum Gasteiger partial charge on any atom is -0.496 e. The third-order valence-corrected chi connectivity index (χ3v) is 4.05. The molecule has 0 aliphatic heterocycles. The molecule has 0 aromatic heterocycles. The highest BCUT2D eigenvalue weighted by Crippen LogP contribution is 2.24. The summed E-state index contributed by atoms with van der Waals surface area (Å²) >= 11 is 0. The summed E-state index contributed by atoms with van der Waals surface area (Å²) in [4.78, 5) is 12.3. The molecule has 5 nitrogen and oxygen atoms in total. The van der Waals surface area contributed by atoms with Crippen LogP contribution in [0.4, 0.5) is 5.69 Å². The Balaban J connectivity index is 1.55. The average molecular weight is 389 g/mol. The first-order valence-corrected chi connectivity index (χ1v) is 9.28. The Hall–Kier alpha value is -3.73. The molecule has 0 unspecified atom stereocenters. The lowest BCUT2D eigenvalue weighted by molar-refractivity contribution is -0.111. The van der Waals surface area contributed by atoms with Gasteiger partial charge in [0.15, 0.2) is 0 Å². The molecule has 0 radical (unpaired) electrons. The summed E-state index contributed by atoms with van der Waals surface area (Å²) in [5.41, 5.74) is 1.43. The molecule has 148 valence electrons. The van der Waals surface area contributed by atoms with Crippen molar-refractivity contribution in [1.82, 2.24) is 0 Å². The molecule has 0 atom stereocenters. The lowest BCUT2D eigenvalue weighted by Crippen LogP contribution is -2.12. The van der Waals surface area contributed by atoms with Crippen LogP contribution in [0, 0.1) is 0 Å². The molecule has 0 bridgehead atoms. The number of methoxy groups -OCH3 is 1. The number of benzene rings is 3. The van der Waals surface area contributed by atoms with E-state index in [0.29, 0.717) is 30.4 Å². The van der Waals surface area contributed by atoms with E-state index in [0.717, 1.165) is 11.3 Å². The van der Waals surface area contributed by atoms with Crippen molar-refractivity contribution in [3.63, 3.8) is 0 Å². The Bertz CT molecular complexity index is 954. The van der Waals surface area contributed by atoms with E-state index in [-0.39, 0.29) is 5.91 Å². The molecule has 5 heteroatoms. The number of carbonyl (C=O) groups excluding carboxylic acids is 1. The Morgan fingerprint density at radius 1 is 0.828 bits per heavy atom. The van der Waals surface area contributed by atoms with Gasteiger partial charge in [-0.2, -0.15) is 0 Å². The second kappa shape index (κ2) is 10.6. The van der Waals surface area contributed by atoms with Gasteiger partial charge in [0, 0.05) is 11.6 Å². The van der Waals surface area contributed by atoms with Crippen LogP contribution in [0.5, 0.6) is 17.2 Å². The van der Waals surface area contributed by atoms with Gasteiger partial charge in [-0.3, -0.25) is 4.79 Å². The van der Waals surface area contributed by atoms with Crippen LogP contribution in [0.3, 0.4) is 0 Å². The van der Waals surface area contributed by atoms with Crippen molar-refractivity contribution < 1.29 is 19.0 Å². The Kier molecular flexibility index (Phi) is 7.29. The summed E-state index contributed by atoms with van der Waals surface area (Å²) in [5, 5.41) is 2.84. The molecule has 0 saturated carbocycles. The van der Waals surface area contributed by atoms with Crippen LogP contribution >= 0.6 is 0 Å². The standard InChI is InChI=1S/C24H23NO4/c1-27-22-13-7-5-9-19(22)15-16-24(26)25-21-12-6-8-14-23(21)29-18-17-28-20-10-3-2-4-11-20/h2-16H,17-18H2,1H3,(H,25,26)/b16-15+. The van der Waals surface area contributed by atoms with Gasteiger partial charge in [0.1, 0.15) is 30.5 Å². The molecule has 29 heavy (non-hydrogen) atoms. The fraction of sp³-hybridized carbons (Fsp3) is 0.125. The van der Waals surface area contributed by atoms with Gasteiger partial charge in [-0.05, 0) is 36.4 Å². The van der Waals surface area contributed by atoms with Crippen molar-refractivity contribution in [2.45, 2.75) is 0 Å². The van der Waals surface area contributed by atoms with Crippen molar-refractivity contribution in [3.05, 3.63) is 90.5 Å². The first-order valence-electron chi connectivity index (χ1n) is 9.28. The number of hydrogen-bond donors (Lipinski definition) is 1. The second-order valence-corrected chi connectivity index (χ2v) is 6.07. The lowest BCUT2D eigenvalue weighted by atomic mass is 10.2. The summed E-state index contributed by atoms with van der Waals surface area (Å²) in [5.74, 6) is 1.83. The predicted octanol–water partition coefficient (Wildman–Crippen LogP) is 4.80. The van der Waals surface area contributed by atoms with Crippen molar-refractivity contribution in [2.75, 3.05) is 25.6 Å². The molecule has 0 saturated heterocycles. The van der Waals surface area contributed by atoms with Gasteiger partial charge in [0.25, 0.3) is 0 Å². The van der Waals surface area contributed by atoms with Crippen LogP contribution in [0.15, 0.2) is 84.9 Å². The van der Waals surface area contributed by atoms with E-state index in [4.69, 9.17) is 14.2 Å². The molecule has 0 heterocycles. The number of carbonyl (C=O) groups is 1. The zero-order chi connectivity index (χ0) is 20.3. The first kappa shape index (κ1) is 20.0. The van der Waals surface area contributed by atoms with E-state index in [1.807, 2.05) is 72.8 Å². The normalized spacial score (nSPS) is 10.5. The van der Waals surface area contributed by atoms with E-state index >= 15 is 0 Å². The Labute approximate surface area is 170 Å². The maximum Gasteiger partial charge on any atom is 0.248 e. The van der Waals surface area contributed by atoms with E-state index in [1.165, 1.54) is 6.08 Å². The molecule has 3 aromatic carbocycles. The van der Waals surface area contributed by atoms with Crippen LogP contribution in [-0.2, 0) is 4.79 Å². The van der Waals surface area contributed by atoms with Crippen LogP contribution in [0.2, 0.25) is 0 Å². The van der Waals surface area contributed by atoms with Crippen molar-refractivity contribution in [1.29, 1.82) is 0 Å². The Morgan fingerprint density at radius 2 is 1.48 bits per heavy atom. The number of amides is 1. The minimum atomic E-state index is -0.257. The fourth-order valence-electron chi connectivity index (χ4n) is 2.67. The van der Waals surface area contributed by atoms with E-state index in [1.54, 1.807) is 19.3 Å². The summed E-state index contributed by atoms with van der Waals surface area (Å²) in [7, 11) is 1.60. The van der Waals surface area contributed by atoms with Crippen molar-refractivity contribution >= 4 is 17.7 Å². The maximum absolute atomic E-state index is 12.3. The highest BCUT2D eigenvalue weighted by Gasteiger charge is 2.06. The SMILES string of the molecule is COc1ccccc1/C=C/C(=O)Nc1ccccc1OCCOc1ccccc1. The molecular formula is C24H23NO4. The van der Waals surface area contributed by atoms with Gasteiger partial charge in [0.05, 0.1) is 12.8 Å². The number of rotatable bonds is 9. The first-order chi connectivity index (χ1) is 14.3. The summed E-state index contributed by atoms with van der Waals surface area (Å²) in [6, 6.07) is 24.3. The number of para-hydroxylation sites is 4. The maximum atomic E-state index is 12.3. The Morgan fingerprint density at radius 3 is 2.28 bits per heavy atom. The number of hydrogen-bond acceptors (Lipinski definition) is 4. The van der Waals surface area contributed by atoms with E-state index in [2.05, 4.69) is 5.32 Å². The molecular weight excluding hydrogens is 366 g/mol. The highest BCUT2D eigenvalue weighted by molar-refractivity contribution is 6.02. The van der Waals surface area contributed by atoms with Crippen molar-refractivity contribution in [3.8, 4) is 17.2 Å². The van der Waals surface area contributed by atoms with Gasteiger partial charge >= 0.3 is 0 Å². The smallest absolute Gasteiger partial charge is 0.248 e. The molecule has 1 N–H and O–H groups in total. The van der Waals surface area contributed by atoms with Gasteiger partial charge < -0.3 is 19.5 Å². The van der Waals surface area contributed by atoms with Crippen LogP contribution in [0.25, 0.3) is 6.08 Å². The summed E-state index contributed by atoms with van der Waals surface area (Å²) < 4.78 is 16.7. The van der Waals surface area contributed by atoms with Crippen LogP contribution in [0.1, 0.15) is 5.56 Å². The zero-order valence-electron chi connectivity index (χ0n) is 16.2. The molecule has 0 aliphatic rings. The van der Waals surface area contributed by atoms with E-state index in [9.17, 15) is 4.79 Å². The monoisotopic (exact) mass is 389 g/mol. The quantitative estimate of drug-likeness (QED) is 0.422. The number of anilines is 1. The topological polar surface area (TPSA) is 56.8 Å². The molecule has 1 amide bonds. The highest BCUT2D eigenvalue weighted by atomic mass is 16.5. The zero-order valence-corrected chi connectivity index (χ0v) is 16.2. The van der Waals surface area contributed by atoms with Gasteiger partial charge in [-0.1, -0.05) is 48.5 Å². The van der Waals surface area contributed by atoms with Gasteiger partial charge in [-0.25, -0.2) is 0 Å². The van der Waals surface area contributed by atoms with E-state index < -0.39 is 0 Å². The molecule has 0 fully saturated rings. The van der Waals surface area contributed by atoms with Crippen LogP contribution < -0.4 is 19.5 Å². The summed E-state index contributed by atoms with van der Waals surface area (Å²) in [6.07, 6.45) is 3.18. The molecule has 3 aromatic rings. The number of nitrogens with one attached hydrogen (secondary N) is 1. The molecule has 3 rings (SSSR count). The largest absolute Gasteiger partial charge is 0.496 e. The second-order valence-electron chi connectivity index (χ2n) is 6.07. The van der Waals surface area contributed by atoms with Crippen LogP contribution in [-0.4, -0.2) is 26.2 Å². The fourth-order valence-corrected chi connectivity index (χ4v) is 2.67. The summed E-state index contributed by atoms with van der Waals surface area (Å²) in [6.45, 7) is 0.763. The predicted molar refractivity (Wildman–Crippen MR) is 115 cm³/mol. The lowest BCUT2D eigenvalue weighted by Gasteiger charge is -2.12. The van der Waals surface area contributed by atoms with Gasteiger partial charge in [-0.15, -0.1) is 0 Å². The average Bonchev–Trinajstić information content (AvgIpc) is 2.77.